The average molecular weight is 257 g/mol. The molecule has 0 aromatic heterocycles. The van der Waals surface area contributed by atoms with Crippen LogP contribution in [0.3, 0.4) is 0 Å². The molecule has 1 aliphatic heterocycles. The maximum Gasteiger partial charge on any atom is 0.325 e. The number of nitrogens with zero attached hydrogens (tertiary/aromatic N) is 3. The molecule has 0 atom stereocenters. The van der Waals surface area contributed by atoms with E-state index in [2.05, 4.69) is 0 Å². The van der Waals surface area contributed by atoms with E-state index >= 15 is 0 Å². The van der Waals surface area contributed by atoms with Crippen molar-refractivity contribution in [2.45, 2.75) is 6.92 Å². The summed E-state index contributed by atoms with van der Waals surface area (Å²) in [5.41, 5.74) is 0. The molecule has 0 spiro atoms. The lowest BCUT2D eigenvalue weighted by molar-refractivity contribution is -0.143. The normalized spacial score (nSPS) is 15.2. The van der Waals surface area contributed by atoms with Crippen LogP contribution in [-0.4, -0.2) is 79.5 Å². The summed E-state index contributed by atoms with van der Waals surface area (Å²) >= 11 is 0. The largest absolute Gasteiger partial charge is 0.465 e. The second kappa shape index (κ2) is 6.83. The second-order valence-corrected chi connectivity index (χ2v) is 4.07. The van der Waals surface area contributed by atoms with Gasteiger partial charge in [0.15, 0.2) is 0 Å². The smallest absolute Gasteiger partial charge is 0.325 e. The van der Waals surface area contributed by atoms with Crippen molar-refractivity contribution in [3.8, 4) is 0 Å². The molecule has 7 nitrogen and oxygen atoms in total. The quantitative estimate of drug-likeness (QED) is 0.497. The van der Waals surface area contributed by atoms with Gasteiger partial charge in [-0.2, -0.15) is 0 Å². The summed E-state index contributed by atoms with van der Waals surface area (Å²) in [7, 11) is 1.56. The molecule has 0 N–H and O–H groups in total. The van der Waals surface area contributed by atoms with Gasteiger partial charge < -0.3 is 19.4 Å². The average Bonchev–Trinajstić information content (AvgIpc) is 2.38. The summed E-state index contributed by atoms with van der Waals surface area (Å²) in [6, 6.07) is -0.214. The van der Waals surface area contributed by atoms with Crippen LogP contribution in [0.15, 0.2) is 0 Å². The third kappa shape index (κ3) is 3.90. The lowest BCUT2D eigenvalue weighted by atomic mass is 10.3. The molecule has 3 amide bonds. The van der Waals surface area contributed by atoms with Gasteiger partial charge in [-0.05, 0) is 6.92 Å². The number of likely N-dealkylation sites (N-methyl/N-ethyl adjacent to an activating group) is 1. The Hall–Kier alpha value is -1.79. The monoisotopic (exact) mass is 257 g/mol. The van der Waals surface area contributed by atoms with E-state index in [-0.39, 0.29) is 12.6 Å². The zero-order chi connectivity index (χ0) is 13.5. The summed E-state index contributed by atoms with van der Waals surface area (Å²) < 4.78 is 4.78. The number of carbonyl (C=O) groups is 3. The van der Waals surface area contributed by atoms with Crippen LogP contribution in [0.25, 0.3) is 0 Å². The van der Waals surface area contributed by atoms with E-state index in [0.29, 0.717) is 32.8 Å². The lowest BCUT2D eigenvalue weighted by Crippen LogP contribution is -2.52. The predicted molar refractivity (Wildman–Crippen MR) is 63.9 cm³/mol. The Balaban J connectivity index is 2.40. The number of urea groups is 1. The molecule has 1 saturated heterocycles. The summed E-state index contributed by atoms with van der Waals surface area (Å²) in [5, 5.41) is 0. The van der Waals surface area contributed by atoms with E-state index in [1.165, 1.54) is 4.90 Å². The third-order valence-electron chi connectivity index (χ3n) is 2.73. The maximum atomic E-state index is 12.0. The molecule has 0 aliphatic carbocycles. The van der Waals surface area contributed by atoms with Crippen LogP contribution in [0.1, 0.15) is 6.92 Å². The Bertz CT molecular complexity index is 313. The Morgan fingerprint density at radius 3 is 2.39 bits per heavy atom. The number of hydrogen-bond acceptors (Lipinski definition) is 4. The first-order chi connectivity index (χ1) is 8.58. The molecule has 0 radical (unpaired) electrons. The Morgan fingerprint density at radius 1 is 1.28 bits per heavy atom. The molecule has 1 aliphatic rings. The Morgan fingerprint density at radius 2 is 1.89 bits per heavy atom. The zero-order valence-electron chi connectivity index (χ0n) is 10.8. The molecule has 1 fully saturated rings. The summed E-state index contributed by atoms with van der Waals surface area (Å²) in [4.78, 5) is 38.3. The molecule has 18 heavy (non-hydrogen) atoms. The van der Waals surface area contributed by atoms with Gasteiger partial charge in [0.05, 0.1) is 6.61 Å². The van der Waals surface area contributed by atoms with Crippen molar-refractivity contribution in [1.29, 1.82) is 0 Å². The molecule has 0 aromatic carbocycles. The van der Waals surface area contributed by atoms with E-state index in [1.54, 1.807) is 23.8 Å². The van der Waals surface area contributed by atoms with Gasteiger partial charge in [0.2, 0.25) is 6.41 Å². The van der Waals surface area contributed by atoms with Crippen molar-refractivity contribution in [3.63, 3.8) is 0 Å². The third-order valence-corrected chi connectivity index (χ3v) is 2.73. The van der Waals surface area contributed by atoms with Gasteiger partial charge in [-0.1, -0.05) is 0 Å². The summed E-state index contributed by atoms with van der Waals surface area (Å²) in [5.74, 6) is -0.417. The van der Waals surface area contributed by atoms with Crippen LogP contribution in [0.2, 0.25) is 0 Å². The number of ether oxygens (including phenoxy) is 1. The lowest BCUT2D eigenvalue weighted by Gasteiger charge is -2.34. The highest BCUT2D eigenvalue weighted by molar-refractivity contribution is 5.80. The fraction of sp³-hybridized carbons (Fsp3) is 0.727. The van der Waals surface area contributed by atoms with Gasteiger partial charge in [-0.25, -0.2) is 4.79 Å². The van der Waals surface area contributed by atoms with Crippen LogP contribution in [-0.2, 0) is 14.3 Å². The first-order valence-corrected chi connectivity index (χ1v) is 5.93. The van der Waals surface area contributed by atoms with Gasteiger partial charge >= 0.3 is 12.0 Å². The number of hydrogen-bond donors (Lipinski definition) is 0. The number of amides is 3. The molecule has 1 heterocycles. The Labute approximate surface area is 106 Å². The Kier molecular flexibility index (Phi) is 5.41. The van der Waals surface area contributed by atoms with Gasteiger partial charge in [-0.15, -0.1) is 0 Å². The minimum atomic E-state index is -0.417. The minimum absolute atomic E-state index is 0.0550. The molecular weight excluding hydrogens is 238 g/mol. The maximum absolute atomic E-state index is 12.0. The van der Waals surface area contributed by atoms with E-state index in [4.69, 9.17) is 4.74 Å². The molecule has 0 unspecified atom stereocenters. The topological polar surface area (TPSA) is 70.2 Å². The number of carbonyl (C=O) groups excluding carboxylic acids is 3. The first kappa shape index (κ1) is 14.3. The van der Waals surface area contributed by atoms with Crippen molar-refractivity contribution >= 4 is 18.4 Å². The fourth-order valence-corrected chi connectivity index (χ4v) is 1.73. The number of esters is 1. The molecule has 7 heteroatoms. The van der Waals surface area contributed by atoms with E-state index in [9.17, 15) is 14.4 Å². The van der Waals surface area contributed by atoms with Crippen LogP contribution < -0.4 is 0 Å². The highest BCUT2D eigenvalue weighted by Gasteiger charge is 2.24. The summed E-state index contributed by atoms with van der Waals surface area (Å²) in [6.45, 7) is 4.01. The zero-order valence-corrected chi connectivity index (χ0v) is 10.8. The van der Waals surface area contributed by atoms with Crippen molar-refractivity contribution < 1.29 is 19.1 Å². The van der Waals surface area contributed by atoms with E-state index < -0.39 is 5.97 Å². The fourth-order valence-electron chi connectivity index (χ4n) is 1.73. The highest BCUT2D eigenvalue weighted by atomic mass is 16.5. The standard InChI is InChI=1S/C11H19N3O4/c1-3-18-10(16)8-12(2)11(17)14-6-4-13(9-15)5-7-14/h9H,3-8H2,1-2H3. The SMILES string of the molecule is CCOC(=O)CN(C)C(=O)N1CCN(C=O)CC1. The van der Waals surface area contributed by atoms with Crippen molar-refractivity contribution in [1.82, 2.24) is 14.7 Å². The van der Waals surface area contributed by atoms with Crippen LogP contribution >= 0.6 is 0 Å². The first-order valence-electron chi connectivity index (χ1n) is 5.93. The van der Waals surface area contributed by atoms with Crippen LogP contribution in [0.5, 0.6) is 0 Å². The van der Waals surface area contributed by atoms with Gasteiger partial charge in [0.25, 0.3) is 0 Å². The number of rotatable bonds is 4. The highest BCUT2D eigenvalue weighted by Crippen LogP contribution is 2.03. The second-order valence-electron chi connectivity index (χ2n) is 4.07. The molecule has 102 valence electrons. The minimum Gasteiger partial charge on any atom is -0.465 e. The van der Waals surface area contributed by atoms with E-state index in [0.717, 1.165) is 6.41 Å². The molecular formula is C11H19N3O4. The van der Waals surface area contributed by atoms with Crippen LogP contribution in [0, 0.1) is 0 Å². The molecule has 0 bridgehead atoms. The molecule has 1 rings (SSSR count). The number of piperazine rings is 1. The van der Waals surface area contributed by atoms with Crippen molar-refractivity contribution in [2.75, 3.05) is 46.4 Å². The van der Waals surface area contributed by atoms with Crippen LogP contribution in [0.4, 0.5) is 4.79 Å². The van der Waals surface area contributed by atoms with Gasteiger partial charge in [0.1, 0.15) is 6.54 Å². The predicted octanol–water partition coefficient (Wildman–Crippen LogP) is -0.625. The van der Waals surface area contributed by atoms with Crippen molar-refractivity contribution in [2.24, 2.45) is 0 Å². The van der Waals surface area contributed by atoms with Gasteiger partial charge in [-0.3, -0.25) is 9.59 Å². The van der Waals surface area contributed by atoms with Crippen molar-refractivity contribution in [3.05, 3.63) is 0 Å². The summed E-state index contributed by atoms with van der Waals surface area (Å²) in [6.07, 6.45) is 0.782. The molecule has 0 saturated carbocycles. The molecule has 0 aromatic rings. The van der Waals surface area contributed by atoms with Gasteiger partial charge in [0, 0.05) is 33.2 Å². The van der Waals surface area contributed by atoms with E-state index in [1.807, 2.05) is 0 Å².